The first-order valence-corrected chi connectivity index (χ1v) is 15.3. The second-order valence-corrected chi connectivity index (χ2v) is 12.5. The van der Waals surface area contributed by atoms with Crippen molar-refractivity contribution in [1.82, 2.24) is 0 Å². The largest absolute Gasteiger partial charge is 0.472 e. The summed E-state index contributed by atoms with van der Waals surface area (Å²) >= 11 is 0. The fourth-order valence-corrected chi connectivity index (χ4v) is 7.40. The van der Waals surface area contributed by atoms with Crippen molar-refractivity contribution in [1.29, 1.82) is 0 Å². The highest BCUT2D eigenvalue weighted by Gasteiger charge is 2.49. The van der Waals surface area contributed by atoms with E-state index >= 15 is 0 Å². The Bertz CT molecular complexity index is 2090. The molecule has 1 N–H and O–H groups in total. The predicted molar refractivity (Wildman–Crippen MR) is 180 cm³/mol. The summed E-state index contributed by atoms with van der Waals surface area (Å²) in [7, 11) is 0. The van der Waals surface area contributed by atoms with Crippen molar-refractivity contribution < 1.29 is 9.84 Å². The first-order chi connectivity index (χ1) is 21.3. The van der Waals surface area contributed by atoms with Gasteiger partial charge in [0.1, 0.15) is 11.4 Å². The van der Waals surface area contributed by atoms with Gasteiger partial charge in [-0.3, -0.25) is 0 Å². The number of hydrogen-bond acceptors (Lipinski definition) is 2. The van der Waals surface area contributed by atoms with Gasteiger partial charge in [0.05, 0.1) is 0 Å². The Morgan fingerprint density at radius 3 is 1.84 bits per heavy atom. The van der Waals surface area contributed by atoms with E-state index in [1.165, 1.54) is 11.1 Å². The Balaban J connectivity index is 1.50. The van der Waals surface area contributed by atoms with Crippen LogP contribution in [0, 0.1) is 27.7 Å². The SMILES string of the molecule is Cc1ccc(C2(c3ccc(C)cc3)C=Cc3c4c(c5ccc(C)cc5c3O2)-c2ccccc2[C@@]4(O)c2ccccc2C)cc1. The summed E-state index contributed by atoms with van der Waals surface area (Å²) in [5.74, 6) is 0.797. The molecule has 0 saturated heterocycles. The molecular weight excluding hydrogens is 536 g/mol. The fraction of sp³-hybridized carbons (Fsp3) is 0.143. The lowest BCUT2D eigenvalue weighted by Gasteiger charge is -2.39. The molecular formula is C42H34O2. The quantitative estimate of drug-likeness (QED) is 0.230. The van der Waals surface area contributed by atoms with E-state index in [1.807, 2.05) is 18.2 Å². The van der Waals surface area contributed by atoms with Gasteiger partial charge in [-0.25, -0.2) is 0 Å². The molecule has 6 aromatic carbocycles. The van der Waals surface area contributed by atoms with E-state index in [0.717, 1.165) is 72.2 Å². The van der Waals surface area contributed by atoms with Gasteiger partial charge in [0, 0.05) is 33.2 Å². The van der Waals surface area contributed by atoms with Crippen LogP contribution in [0.4, 0.5) is 0 Å². The molecule has 0 saturated carbocycles. The number of aliphatic hydroxyl groups is 1. The molecule has 214 valence electrons. The average Bonchev–Trinajstić information content (AvgIpc) is 3.31. The van der Waals surface area contributed by atoms with Gasteiger partial charge in [-0.2, -0.15) is 0 Å². The molecule has 8 rings (SSSR count). The molecule has 0 unspecified atom stereocenters. The van der Waals surface area contributed by atoms with Crippen LogP contribution in [-0.2, 0) is 11.2 Å². The highest BCUT2D eigenvalue weighted by atomic mass is 16.5. The summed E-state index contributed by atoms with van der Waals surface area (Å²) in [5, 5.41) is 15.3. The van der Waals surface area contributed by atoms with Crippen molar-refractivity contribution in [2.45, 2.75) is 38.9 Å². The highest BCUT2D eigenvalue weighted by molar-refractivity contribution is 6.09. The fourth-order valence-electron chi connectivity index (χ4n) is 7.40. The molecule has 2 aliphatic rings. The van der Waals surface area contributed by atoms with Gasteiger partial charge in [0.25, 0.3) is 0 Å². The molecule has 0 bridgehead atoms. The molecule has 2 nitrogen and oxygen atoms in total. The Morgan fingerprint density at radius 1 is 0.591 bits per heavy atom. The van der Waals surface area contributed by atoms with Crippen LogP contribution in [-0.4, -0.2) is 5.11 Å². The number of benzene rings is 6. The first kappa shape index (κ1) is 26.7. The van der Waals surface area contributed by atoms with Gasteiger partial charge < -0.3 is 9.84 Å². The molecule has 0 fully saturated rings. The molecule has 6 aromatic rings. The standard InChI is InChI=1S/C42H34O2/c1-26-13-18-30(19-14-26)41(31-20-15-27(2)16-21-31)24-23-34-39-38(32-22-17-28(3)25-35(32)40(34)44-41)33-10-6-8-12-37(33)42(39,43)36-11-7-5-9-29(36)4/h5-25,43H,1-4H3/t42-/m0/s1. The lowest BCUT2D eigenvalue weighted by atomic mass is 9.77. The van der Waals surface area contributed by atoms with Gasteiger partial charge in [0.2, 0.25) is 0 Å². The molecule has 1 atom stereocenters. The number of hydrogen-bond donors (Lipinski definition) is 1. The first-order valence-electron chi connectivity index (χ1n) is 15.3. The van der Waals surface area contributed by atoms with E-state index < -0.39 is 11.2 Å². The zero-order valence-electron chi connectivity index (χ0n) is 25.5. The average molecular weight is 571 g/mol. The topological polar surface area (TPSA) is 29.5 Å². The van der Waals surface area contributed by atoms with E-state index in [2.05, 4.69) is 137 Å². The summed E-state index contributed by atoms with van der Waals surface area (Å²) in [6.45, 7) is 8.43. The van der Waals surface area contributed by atoms with E-state index in [9.17, 15) is 5.11 Å². The normalized spacial score (nSPS) is 17.6. The van der Waals surface area contributed by atoms with Crippen molar-refractivity contribution >= 4 is 16.8 Å². The van der Waals surface area contributed by atoms with Crippen LogP contribution in [0.5, 0.6) is 5.75 Å². The van der Waals surface area contributed by atoms with E-state index in [1.54, 1.807) is 0 Å². The lowest BCUT2D eigenvalue weighted by molar-refractivity contribution is 0.127. The summed E-state index contributed by atoms with van der Waals surface area (Å²) in [6, 6.07) is 40.4. The highest BCUT2D eigenvalue weighted by Crippen LogP contribution is 2.59. The van der Waals surface area contributed by atoms with Crippen LogP contribution in [0.25, 0.3) is 28.0 Å². The Hall–Kier alpha value is -4.92. The van der Waals surface area contributed by atoms with Crippen molar-refractivity contribution in [2.24, 2.45) is 0 Å². The van der Waals surface area contributed by atoms with E-state index in [4.69, 9.17) is 4.74 Å². The third-order valence-electron chi connectivity index (χ3n) is 9.64. The van der Waals surface area contributed by atoms with E-state index in [0.29, 0.717) is 0 Å². The third kappa shape index (κ3) is 3.64. The van der Waals surface area contributed by atoms with Crippen LogP contribution >= 0.6 is 0 Å². The predicted octanol–water partition coefficient (Wildman–Crippen LogP) is 9.69. The van der Waals surface area contributed by atoms with E-state index in [-0.39, 0.29) is 0 Å². The van der Waals surface area contributed by atoms with Crippen molar-refractivity contribution in [3.63, 3.8) is 0 Å². The van der Waals surface area contributed by atoms with Gasteiger partial charge in [-0.05, 0) is 67.5 Å². The second-order valence-electron chi connectivity index (χ2n) is 12.5. The maximum atomic E-state index is 13.2. The van der Waals surface area contributed by atoms with Gasteiger partial charge >= 0.3 is 0 Å². The number of rotatable bonds is 3. The minimum Gasteiger partial charge on any atom is -0.472 e. The molecule has 1 heterocycles. The lowest BCUT2D eigenvalue weighted by Crippen LogP contribution is -2.35. The van der Waals surface area contributed by atoms with Crippen LogP contribution in [0.15, 0.2) is 121 Å². The molecule has 0 spiro atoms. The third-order valence-corrected chi connectivity index (χ3v) is 9.64. The smallest absolute Gasteiger partial charge is 0.178 e. The Morgan fingerprint density at radius 2 is 1.18 bits per heavy atom. The molecule has 1 aliphatic heterocycles. The number of ether oxygens (including phenoxy) is 1. The monoisotopic (exact) mass is 570 g/mol. The van der Waals surface area contributed by atoms with Crippen LogP contribution in [0.1, 0.15) is 55.6 Å². The van der Waals surface area contributed by atoms with Crippen LogP contribution < -0.4 is 4.74 Å². The number of fused-ring (bicyclic) bond motifs is 8. The minimum atomic E-state index is -1.35. The summed E-state index contributed by atoms with van der Waals surface area (Å²) < 4.78 is 7.43. The molecule has 0 radical (unpaired) electrons. The molecule has 1 aliphatic carbocycles. The maximum absolute atomic E-state index is 13.2. The molecule has 0 amide bonds. The summed E-state index contributed by atoms with van der Waals surface area (Å²) in [4.78, 5) is 0. The van der Waals surface area contributed by atoms with Gasteiger partial charge in [-0.1, -0.05) is 132 Å². The summed E-state index contributed by atoms with van der Waals surface area (Å²) in [6.07, 6.45) is 4.39. The molecule has 2 heteroatoms. The van der Waals surface area contributed by atoms with Crippen molar-refractivity contribution in [2.75, 3.05) is 0 Å². The van der Waals surface area contributed by atoms with Crippen molar-refractivity contribution in [3.8, 4) is 16.9 Å². The van der Waals surface area contributed by atoms with Crippen molar-refractivity contribution in [3.05, 3.63) is 177 Å². The molecule has 44 heavy (non-hydrogen) atoms. The van der Waals surface area contributed by atoms with Gasteiger partial charge in [-0.15, -0.1) is 0 Å². The Labute approximate surface area is 258 Å². The Kier molecular flexibility index (Phi) is 5.79. The summed E-state index contributed by atoms with van der Waals surface area (Å²) in [5.41, 5.74) is 10.3. The number of aryl methyl sites for hydroxylation is 4. The zero-order valence-corrected chi connectivity index (χ0v) is 25.5. The minimum absolute atomic E-state index is 0.797. The zero-order chi connectivity index (χ0) is 30.2. The second kappa shape index (κ2) is 9.54. The van der Waals surface area contributed by atoms with Crippen LogP contribution in [0.3, 0.4) is 0 Å². The van der Waals surface area contributed by atoms with Gasteiger partial charge in [0.15, 0.2) is 5.60 Å². The maximum Gasteiger partial charge on any atom is 0.178 e. The van der Waals surface area contributed by atoms with Crippen LogP contribution in [0.2, 0.25) is 0 Å². The molecule has 0 aromatic heterocycles.